The highest BCUT2D eigenvalue weighted by molar-refractivity contribution is 9.10. The van der Waals surface area contributed by atoms with Crippen molar-refractivity contribution in [2.75, 3.05) is 0 Å². The Hall–Kier alpha value is -2.73. The maximum absolute atomic E-state index is 12.9. The van der Waals surface area contributed by atoms with Gasteiger partial charge in [0.15, 0.2) is 0 Å². The lowest BCUT2D eigenvalue weighted by Crippen LogP contribution is -2.26. The van der Waals surface area contributed by atoms with Crippen LogP contribution in [0.5, 0.6) is 0 Å². The first-order valence-corrected chi connectivity index (χ1v) is 10.5. The van der Waals surface area contributed by atoms with Crippen LogP contribution in [0.1, 0.15) is 48.1 Å². The molecule has 1 aliphatic heterocycles. The van der Waals surface area contributed by atoms with Crippen molar-refractivity contribution < 1.29 is 4.79 Å². The number of hydrogen-bond acceptors (Lipinski definition) is 3. The highest BCUT2D eigenvalue weighted by atomic mass is 79.9. The molecule has 0 aliphatic carbocycles. The van der Waals surface area contributed by atoms with Gasteiger partial charge in [0, 0.05) is 28.2 Å². The third kappa shape index (κ3) is 3.53. The molecule has 4 rings (SSSR count). The molecule has 1 N–H and O–H groups in total. The number of fused-ring (bicyclic) bond motifs is 1. The molecular weight excluding hydrogens is 430 g/mol. The van der Waals surface area contributed by atoms with Gasteiger partial charge in [0.05, 0.1) is 17.3 Å². The fraction of sp³-hybridized carbons (Fsp3) is 0.261. The average molecular weight is 452 g/mol. The Balaban J connectivity index is 1.83. The number of carbonyl (C=O) groups is 1. The molecule has 1 unspecified atom stereocenters. The van der Waals surface area contributed by atoms with E-state index in [1.54, 1.807) is 5.01 Å². The van der Waals surface area contributed by atoms with Gasteiger partial charge in [-0.2, -0.15) is 5.10 Å². The molecule has 29 heavy (non-hydrogen) atoms. The topological polar surface area (TPSA) is 65.5 Å². The van der Waals surface area contributed by atoms with Gasteiger partial charge in [-0.3, -0.25) is 9.59 Å². The minimum atomic E-state index is -0.199. The summed E-state index contributed by atoms with van der Waals surface area (Å²) in [4.78, 5) is 28.5. The van der Waals surface area contributed by atoms with Crippen LogP contribution >= 0.6 is 15.9 Å². The molecule has 0 saturated carbocycles. The Morgan fingerprint density at radius 3 is 2.62 bits per heavy atom. The Bertz CT molecular complexity index is 1200. The summed E-state index contributed by atoms with van der Waals surface area (Å²) in [5, 5.41) is 7.14. The van der Waals surface area contributed by atoms with Crippen molar-refractivity contribution in [1.82, 2.24) is 9.99 Å². The first-order chi connectivity index (χ1) is 13.9. The number of nitrogens with one attached hydrogen (secondary N) is 1. The summed E-state index contributed by atoms with van der Waals surface area (Å²) in [5.74, 6) is -0.0526. The molecule has 1 atom stereocenters. The third-order valence-corrected chi connectivity index (χ3v) is 5.95. The standard InChI is InChI=1S/C23H22BrN3O2/c1-4-21(28)27-20(15-7-5-13(2)6-8-15)12-19(26-27)22-14(3)17-11-16(24)9-10-18(17)25-23(22)29/h5-11,20H,4,12H2,1-3H3,(H,25,29). The predicted octanol–water partition coefficient (Wildman–Crippen LogP) is 5.00. The second-order valence-corrected chi connectivity index (χ2v) is 8.33. The largest absolute Gasteiger partial charge is 0.321 e. The summed E-state index contributed by atoms with van der Waals surface area (Å²) in [5.41, 5.74) is 4.87. The quantitative estimate of drug-likeness (QED) is 0.608. The molecule has 0 bridgehead atoms. The number of carbonyl (C=O) groups excluding carboxylic acids is 1. The zero-order valence-corrected chi connectivity index (χ0v) is 18.2. The lowest BCUT2D eigenvalue weighted by molar-refractivity contribution is -0.132. The number of amides is 1. The second kappa shape index (κ2) is 7.59. The van der Waals surface area contributed by atoms with Crippen LogP contribution in [0.3, 0.4) is 0 Å². The van der Waals surface area contributed by atoms with Gasteiger partial charge in [-0.15, -0.1) is 0 Å². The van der Waals surface area contributed by atoms with Crippen LogP contribution in [0, 0.1) is 13.8 Å². The van der Waals surface area contributed by atoms with Gasteiger partial charge >= 0.3 is 0 Å². The number of hydrogen-bond donors (Lipinski definition) is 1. The summed E-state index contributed by atoms with van der Waals surface area (Å²) in [6.45, 7) is 5.80. The number of halogens is 1. The molecule has 6 heteroatoms. The Kier molecular flexibility index (Phi) is 5.13. The van der Waals surface area contributed by atoms with E-state index in [0.29, 0.717) is 24.1 Å². The fourth-order valence-electron chi connectivity index (χ4n) is 3.87. The number of aromatic nitrogens is 1. The van der Waals surface area contributed by atoms with Gasteiger partial charge < -0.3 is 4.98 Å². The van der Waals surface area contributed by atoms with E-state index in [2.05, 4.69) is 26.0 Å². The molecule has 5 nitrogen and oxygen atoms in total. The monoisotopic (exact) mass is 451 g/mol. The number of hydrazone groups is 1. The maximum atomic E-state index is 12.9. The van der Waals surface area contributed by atoms with Gasteiger partial charge in [-0.05, 0) is 43.2 Å². The van der Waals surface area contributed by atoms with E-state index >= 15 is 0 Å². The van der Waals surface area contributed by atoms with Crippen molar-refractivity contribution in [3.05, 3.63) is 79.5 Å². The van der Waals surface area contributed by atoms with Crippen LogP contribution in [0.2, 0.25) is 0 Å². The zero-order chi connectivity index (χ0) is 20.7. The molecule has 1 aromatic heterocycles. The van der Waals surface area contributed by atoms with Gasteiger partial charge in [-0.1, -0.05) is 52.7 Å². The van der Waals surface area contributed by atoms with Crippen LogP contribution in [-0.4, -0.2) is 21.6 Å². The lowest BCUT2D eigenvalue weighted by atomic mass is 9.95. The molecular formula is C23H22BrN3O2. The minimum Gasteiger partial charge on any atom is -0.321 e. The van der Waals surface area contributed by atoms with Crippen LogP contribution in [0.15, 0.2) is 56.8 Å². The van der Waals surface area contributed by atoms with E-state index in [1.807, 2.05) is 63.2 Å². The molecule has 2 heterocycles. The van der Waals surface area contributed by atoms with E-state index in [9.17, 15) is 9.59 Å². The van der Waals surface area contributed by atoms with Crippen LogP contribution in [0.4, 0.5) is 0 Å². The number of pyridine rings is 1. The Labute approximate surface area is 177 Å². The predicted molar refractivity (Wildman–Crippen MR) is 119 cm³/mol. The first kappa shape index (κ1) is 19.6. The smallest absolute Gasteiger partial charge is 0.257 e. The van der Waals surface area contributed by atoms with E-state index in [1.165, 1.54) is 0 Å². The van der Waals surface area contributed by atoms with Crippen LogP contribution < -0.4 is 5.56 Å². The number of benzene rings is 2. The van der Waals surface area contributed by atoms with Crippen molar-refractivity contribution in [3.63, 3.8) is 0 Å². The number of aromatic amines is 1. The van der Waals surface area contributed by atoms with Crippen molar-refractivity contribution in [2.24, 2.45) is 5.10 Å². The molecule has 0 spiro atoms. The van der Waals surface area contributed by atoms with E-state index in [-0.39, 0.29) is 17.5 Å². The number of H-pyrrole nitrogens is 1. The normalized spacial score (nSPS) is 16.3. The number of nitrogens with zero attached hydrogens (tertiary/aromatic N) is 2. The molecule has 2 aromatic carbocycles. The summed E-state index contributed by atoms with van der Waals surface area (Å²) in [6.07, 6.45) is 0.872. The number of aryl methyl sites for hydroxylation is 2. The summed E-state index contributed by atoms with van der Waals surface area (Å²) in [7, 11) is 0. The summed E-state index contributed by atoms with van der Waals surface area (Å²) in [6, 6.07) is 13.7. The third-order valence-electron chi connectivity index (χ3n) is 5.45. The summed E-state index contributed by atoms with van der Waals surface area (Å²) >= 11 is 3.50. The maximum Gasteiger partial charge on any atom is 0.257 e. The lowest BCUT2D eigenvalue weighted by Gasteiger charge is -2.21. The van der Waals surface area contributed by atoms with E-state index < -0.39 is 0 Å². The highest BCUT2D eigenvalue weighted by Gasteiger charge is 2.34. The van der Waals surface area contributed by atoms with E-state index in [0.717, 1.165) is 32.1 Å². The Morgan fingerprint density at radius 1 is 1.21 bits per heavy atom. The molecule has 0 saturated heterocycles. The van der Waals surface area contributed by atoms with Crippen molar-refractivity contribution in [1.29, 1.82) is 0 Å². The van der Waals surface area contributed by atoms with Gasteiger partial charge in [0.1, 0.15) is 0 Å². The minimum absolute atomic E-state index is 0.0526. The second-order valence-electron chi connectivity index (χ2n) is 7.41. The molecule has 1 amide bonds. The average Bonchev–Trinajstić information content (AvgIpc) is 3.13. The Morgan fingerprint density at radius 2 is 1.93 bits per heavy atom. The summed E-state index contributed by atoms with van der Waals surface area (Å²) < 4.78 is 0.944. The van der Waals surface area contributed by atoms with E-state index in [4.69, 9.17) is 0 Å². The van der Waals surface area contributed by atoms with Gasteiger partial charge in [-0.25, -0.2) is 5.01 Å². The molecule has 0 fully saturated rings. The number of rotatable bonds is 3. The molecule has 148 valence electrons. The van der Waals surface area contributed by atoms with Crippen molar-refractivity contribution in [3.8, 4) is 0 Å². The van der Waals surface area contributed by atoms with Crippen molar-refractivity contribution >= 4 is 38.5 Å². The first-order valence-electron chi connectivity index (χ1n) is 9.67. The highest BCUT2D eigenvalue weighted by Crippen LogP contribution is 2.34. The molecule has 0 radical (unpaired) electrons. The van der Waals surface area contributed by atoms with Crippen LogP contribution in [0.25, 0.3) is 10.9 Å². The molecule has 1 aliphatic rings. The van der Waals surface area contributed by atoms with Gasteiger partial charge in [0.25, 0.3) is 5.56 Å². The SMILES string of the molecule is CCC(=O)N1N=C(c2c(C)c3cc(Br)ccc3[nH]c2=O)CC1c1ccc(C)cc1. The van der Waals surface area contributed by atoms with Crippen molar-refractivity contribution in [2.45, 2.75) is 39.7 Å². The zero-order valence-electron chi connectivity index (χ0n) is 16.6. The van der Waals surface area contributed by atoms with Crippen LogP contribution in [-0.2, 0) is 4.79 Å². The molecule has 3 aromatic rings. The van der Waals surface area contributed by atoms with Gasteiger partial charge in [0.2, 0.25) is 5.91 Å². The fourth-order valence-corrected chi connectivity index (χ4v) is 4.24.